The number of halogens is 7. The number of aryl methyl sites for hydroxylation is 1. The first-order chi connectivity index (χ1) is 14.3. The van der Waals surface area contributed by atoms with Crippen molar-refractivity contribution < 1.29 is 39.2 Å². The quantitative estimate of drug-likeness (QED) is 0.345. The van der Waals surface area contributed by atoms with Gasteiger partial charge < -0.3 is 0 Å². The van der Waals surface area contributed by atoms with Crippen molar-refractivity contribution in [1.29, 1.82) is 0 Å². The zero-order chi connectivity index (χ0) is 23.2. The van der Waals surface area contributed by atoms with Crippen molar-refractivity contribution in [2.45, 2.75) is 25.3 Å². The van der Waals surface area contributed by atoms with Gasteiger partial charge in [-0.2, -0.15) is 5.10 Å². The Morgan fingerprint density at radius 2 is 1.45 bits per heavy atom. The maximum atomic E-state index is 14.0. The highest BCUT2D eigenvalue weighted by Gasteiger charge is 2.28. The molecule has 0 bridgehead atoms. The first-order valence-corrected chi connectivity index (χ1v) is 9.85. The average molecular weight is 467 g/mol. The molecule has 5 nitrogen and oxygen atoms in total. The number of sulfonamides is 1. The lowest BCUT2D eigenvalue weighted by Gasteiger charge is -2.11. The van der Waals surface area contributed by atoms with Crippen LogP contribution in [0.4, 0.5) is 36.4 Å². The Labute approximate surface area is 171 Å². The first-order valence-electron chi connectivity index (χ1n) is 8.37. The van der Waals surface area contributed by atoms with Gasteiger partial charge >= 0.3 is 0 Å². The second-order valence-electron chi connectivity index (χ2n) is 6.43. The van der Waals surface area contributed by atoms with E-state index in [0.29, 0.717) is 18.2 Å². The summed E-state index contributed by atoms with van der Waals surface area (Å²) in [7, 11) is -4.64. The molecule has 0 fully saturated rings. The van der Waals surface area contributed by atoms with Crippen LogP contribution in [0.5, 0.6) is 0 Å². The summed E-state index contributed by atoms with van der Waals surface area (Å²) in [6, 6.07) is 1.77. The number of nitrogens with one attached hydrogen (secondary N) is 1. The van der Waals surface area contributed by atoms with E-state index in [1.165, 1.54) is 13.8 Å². The van der Waals surface area contributed by atoms with Crippen LogP contribution in [0.15, 0.2) is 23.1 Å². The summed E-state index contributed by atoms with van der Waals surface area (Å²) in [5.41, 5.74) is -1.57. The standard InChI is InChI=1S/C18H12F7N3O2S/c1-7-18(27-31(29,30)12-5-9(19)3-4-11(12)20)8(2)28(26-7)6-10-13(21)15(23)17(25)16(24)14(10)22/h3-5,27H,6H2,1-2H3. The molecular formula is C18H12F7N3O2S. The van der Waals surface area contributed by atoms with E-state index in [1.54, 1.807) is 0 Å². The zero-order valence-electron chi connectivity index (χ0n) is 15.7. The van der Waals surface area contributed by atoms with Crippen LogP contribution in [0.25, 0.3) is 0 Å². The summed E-state index contributed by atoms with van der Waals surface area (Å²) in [6.07, 6.45) is 0. The fourth-order valence-corrected chi connectivity index (χ4v) is 4.08. The highest BCUT2D eigenvalue weighted by Crippen LogP contribution is 2.28. The predicted molar refractivity (Wildman–Crippen MR) is 94.2 cm³/mol. The van der Waals surface area contributed by atoms with Gasteiger partial charge in [-0.15, -0.1) is 0 Å². The van der Waals surface area contributed by atoms with Crippen molar-refractivity contribution >= 4 is 15.7 Å². The molecule has 1 aromatic heterocycles. The van der Waals surface area contributed by atoms with E-state index in [1.807, 2.05) is 4.72 Å². The van der Waals surface area contributed by atoms with Crippen molar-refractivity contribution in [2.24, 2.45) is 0 Å². The number of rotatable bonds is 5. The van der Waals surface area contributed by atoms with Crippen LogP contribution >= 0.6 is 0 Å². The number of nitrogens with zero attached hydrogens (tertiary/aromatic N) is 2. The molecule has 0 aliphatic rings. The van der Waals surface area contributed by atoms with Crippen molar-refractivity contribution in [3.05, 3.63) is 75.9 Å². The number of anilines is 1. The summed E-state index contributed by atoms with van der Waals surface area (Å²) in [6.45, 7) is 1.60. The average Bonchev–Trinajstić information content (AvgIpc) is 2.97. The van der Waals surface area contributed by atoms with E-state index in [9.17, 15) is 39.2 Å². The van der Waals surface area contributed by atoms with Gasteiger partial charge in [-0.05, 0) is 32.0 Å². The van der Waals surface area contributed by atoms with Gasteiger partial charge in [-0.25, -0.2) is 39.2 Å². The Balaban J connectivity index is 2.02. The number of hydrogen-bond donors (Lipinski definition) is 1. The minimum atomic E-state index is -4.64. The van der Waals surface area contributed by atoms with Gasteiger partial charge in [-0.3, -0.25) is 9.40 Å². The lowest BCUT2D eigenvalue weighted by molar-refractivity contribution is 0.366. The Bertz CT molecular complexity index is 1280. The normalized spacial score (nSPS) is 11.8. The molecule has 31 heavy (non-hydrogen) atoms. The smallest absolute Gasteiger partial charge is 0.265 e. The second-order valence-corrected chi connectivity index (χ2v) is 8.08. The van der Waals surface area contributed by atoms with Crippen LogP contribution in [0.3, 0.4) is 0 Å². The summed E-state index contributed by atoms with van der Waals surface area (Å²) < 4.78 is 123. The summed E-state index contributed by atoms with van der Waals surface area (Å²) >= 11 is 0. The van der Waals surface area contributed by atoms with Crippen molar-refractivity contribution in [1.82, 2.24) is 9.78 Å². The topological polar surface area (TPSA) is 64.0 Å². The lowest BCUT2D eigenvalue weighted by atomic mass is 10.1. The molecule has 0 amide bonds. The van der Waals surface area contributed by atoms with E-state index in [2.05, 4.69) is 5.10 Å². The SMILES string of the molecule is Cc1nn(Cc2c(F)c(F)c(F)c(F)c2F)c(C)c1NS(=O)(=O)c1cc(F)ccc1F. The van der Waals surface area contributed by atoms with Gasteiger partial charge in [0.05, 0.1) is 29.2 Å². The summed E-state index contributed by atoms with van der Waals surface area (Å²) in [5, 5.41) is 3.84. The van der Waals surface area contributed by atoms with Crippen LogP contribution in [-0.4, -0.2) is 18.2 Å². The zero-order valence-corrected chi connectivity index (χ0v) is 16.5. The van der Waals surface area contributed by atoms with E-state index in [4.69, 9.17) is 0 Å². The monoisotopic (exact) mass is 467 g/mol. The van der Waals surface area contributed by atoms with E-state index in [0.717, 1.165) is 4.68 Å². The molecule has 0 aliphatic heterocycles. The molecule has 3 aromatic rings. The molecule has 1 heterocycles. The third-order valence-electron chi connectivity index (χ3n) is 4.41. The van der Waals surface area contributed by atoms with Gasteiger partial charge in [0.2, 0.25) is 5.82 Å². The molecule has 0 aliphatic carbocycles. The Hall–Kier alpha value is -3.09. The molecular weight excluding hydrogens is 455 g/mol. The molecule has 0 saturated carbocycles. The predicted octanol–water partition coefficient (Wildman–Crippen LogP) is 4.32. The van der Waals surface area contributed by atoms with Crippen molar-refractivity contribution in [3.8, 4) is 0 Å². The Morgan fingerprint density at radius 3 is 2.03 bits per heavy atom. The van der Waals surface area contributed by atoms with Gasteiger partial charge in [0.1, 0.15) is 16.5 Å². The molecule has 2 aromatic carbocycles. The maximum absolute atomic E-state index is 14.0. The third-order valence-corrected chi connectivity index (χ3v) is 5.77. The largest absolute Gasteiger partial charge is 0.276 e. The van der Waals surface area contributed by atoms with Crippen molar-refractivity contribution in [3.63, 3.8) is 0 Å². The highest BCUT2D eigenvalue weighted by atomic mass is 32.2. The molecule has 0 radical (unpaired) electrons. The molecule has 3 rings (SSSR count). The number of benzene rings is 2. The highest BCUT2D eigenvalue weighted by molar-refractivity contribution is 7.92. The molecule has 0 atom stereocenters. The van der Waals surface area contributed by atoms with Gasteiger partial charge in [0.15, 0.2) is 23.3 Å². The molecule has 0 unspecified atom stereocenters. The molecule has 13 heteroatoms. The van der Waals surface area contributed by atoms with Crippen LogP contribution in [-0.2, 0) is 16.6 Å². The number of hydrogen-bond acceptors (Lipinski definition) is 3. The van der Waals surface area contributed by atoms with Crippen LogP contribution < -0.4 is 4.72 Å². The second kappa shape index (κ2) is 7.87. The number of aromatic nitrogens is 2. The maximum Gasteiger partial charge on any atom is 0.265 e. The fourth-order valence-electron chi connectivity index (χ4n) is 2.81. The van der Waals surface area contributed by atoms with Crippen LogP contribution in [0.2, 0.25) is 0 Å². The fraction of sp³-hybridized carbons (Fsp3) is 0.167. The van der Waals surface area contributed by atoms with E-state index >= 15 is 0 Å². The van der Waals surface area contributed by atoms with Crippen LogP contribution in [0, 0.1) is 54.6 Å². The minimum absolute atomic E-state index is 0.0539. The minimum Gasteiger partial charge on any atom is -0.276 e. The summed E-state index contributed by atoms with van der Waals surface area (Å²) in [5.74, 6) is -13.0. The van der Waals surface area contributed by atoms with E-state index in [-0.39, 0.29) is 17.1 Å². The lowest BCUT2D eigenvalue weighted by Crippen LogP contribution is -2.16. The summed E-state index contributed by atoms with van der Waals surface area (Å²) in [4.78, 5) is -1.00. The molecule has 0 saturated heterocycles. The van der Waals surface area contributed by atoms with Crippen LogP contribution in [0.1, 0.15) is 17.0 Å². The van der Waals surface area contributed by atoms with Gasteiger partial charge in [-0.1, -0.05) is 0 Å². The van der Waals surface area contributed by atoms with Crippen molar-refractivity contribution in [2.75, 3.05) is 4.72 Å². The molecule has 0 spiro atoms. The Morgan fingerprint density at radius 1 is 0.903 bits per heavy atom. The third kappa shape index (κ3) is 3.96. The van der Waals surface area contributed by atoms with E-state index < -0.39 is 67.7 Å². The molecule has 166 valence electrons. The van der Waals surface area contributed by atoms with Gasteiger partial charge in [0.25, 0.3) is 10.0 Å². The molecule has 1 N–H and O–H groups in total. The Kier molecular flexibility index (Phi) is 5.74. The van der Waals surface area contributed by atoms with Gasteiger partial charge in [0, 0.05) is 0 Å². The first kappa shape index (κ1) is 22.6.